The number of aliphatic imine (C=N–C) groups is 1. The second-order valence-corrected chi connectivity index (χ2v) is 10.8. The molecule has 4 rings (SSSR count). The number of H-pyrrole nitrogens is 3. The van der Waals surface area contributed by atoms with E-state index in [4.69, 9.17) is 9.47 Å². The predicted octanol–water partition coefficient (Wildman–Crippen LogP) is 5.04. The molecule has 0 amide bonds. The van der Waals surface area contributed by atoms with E-state index in [0.29, 0.717) is 0 Å². The molecule has 3 aromatic rings. The smallest absolute Gasteiger partial charge is 0.310 e. The highest BCUT2D eigenvalue weighted by Gasteiger charge is 2.20. The molecule has 8 heteroatoms. The van der Waals surface area contributed by atoms with Crippen LogP contribution in [0.1, 0.15) is 91.0 Å². The number of aromatic nitrogens is 3. The lowest BCUT2D eigenvalue weighted by atomic mass is 10.0. The molecule has 1 aliphatic rings. The van der Waals surface area contributed by atoms with Crippen molar-refractivity contribution in [3.63, 3.8) is 0 Å². The Morgan fingerprint density at radius 1 is 0.744 bits per heavy atom. The van der Waals surface area contributed by atoms with Crippen LogP contribution >= 0.6 is 0 Å². The number of rotatable bonds is 11. The van der Waals surface area contributed by atoms with Gasteiger partial charge in [-0.05, 0) is 102 Å². The van der Waals surface area contributed by atoms with E-state index < -0.39 is 0 Å². The van der Waals surface area contributed by atoms with Crippen LogP contribution in [0.5, 0.6) is 0 Å². The largest absolute Gasteiger partial charge is 0.469 e. The minimum atomic E-state index is -0.325. The number of allylic oxidation sites excluding steroid dienone is 2. The van der Waals surface area contributed by atoms with E-state index in [1.54, 1.807) is 0 Å². The summed E-state index contributed by atoms with van der Waals surface area (Å²) in [6, 6.07) is 0. The molecule has 0 atom stereocenters. The van der Waals surface area contributed by atoms with Crippen molar-refractivity contribution in [3.05, 3.63) is 84.2 Å². The molecule has 1 aliphatic heterocycles. The summed E-state index contributed by atoms with van der Waals surface area (Å²) in [6.45, 7) is 12.6. The van der Waals surface area contributed by atoms with E-state index in [0.717, 1.165) is 81.4 Å². The highest BCUT2D eigenvalue weighted by atomic mass is 16.5. The standard InChI is InChI=1S/C35H44N4O4/c1-9-22-18-36-30(24(22)11-3)15-28-20(5)26(13-34(40)42-7)32(38-28)17-33-27(14-35(41)43-8)21(6)29(39-33)16-31-25(12-4)23(10-2)19-37-31/h15-19,36,38-39H,9-14H2,1-8H3. The molecule has 0 saturated carbocycles. The van der Waals surface area contributed by atoms with Gasteiger partial charge in [0.15, 0.2) is 0 Å². The molecule has 4 heterocycles. The molecule has 0 unspecified atom stereocenters. The fourth-order valence-corrected chi connectivity index (χ4v) is 5.89. The van der Waals surface area contributed by atoms with Gasteiger partial charge in [0.2, 0.25) is 0 Å². The van der Waals surface area contributed by atoms with Gasteiger partial charge in [0, 0.05) is 40.2 Å². The highest BCUT2D eigenvalue weighted by molar-refractivity contribution is 5.88. The third-order valence-corrected chi connectivity index (χ3v) is 8.50. The fourth-order valence-electron chi connectivity index (χ4n) is 5.89. The number of nitrogens with one attached hydrogen (secondary N) is 3. The van der Waals surface area contributed by atoms with Crippen LogP contribution in [0.15, 0.2) is 28.0 Å². The van der Waals surface area contributed by atoms with Crippen LogP contribution in [-0.2, 0) is 44.7 Å². The van der Waals surface area contributed by atoms with Crippen LogP contribution in [0.25, 0.3) is 18.2 Å². The summed E-state index contributed by atoms with van der Waals surface area (Å²) in [5, 5.41) is 1.69. The van der Waals surface area contributed by atoms with E-state index in [2.05, 4.69) is 66.0 Å². The Balaban J connectivity index is 1.94. The Morgan fingerprint density at radius 2 is 1.42 bits per heavy atom. The van der Waals surface area contributed by atoms with E-state index in [1.165, 1.54) is 36.5 Å². The molecule has 0 radical (unpaired) electrons. The predicted molar refractivity (Wildman–Crippen MR) is 173 cm³/mol. The van der Waals surface area contributed by atoms with Gasteiger partial charge in [-0.3, -0.25) is 14.6 Å². The maximum atomic E-state index is 12.5. The number of hydrogen-bond acceptors (Lipinski definition) is 5. The zero-order valence-corrected chi connectivity index (χ0v) is 26.7. The van der Waals surface area contributed by atoms with Crippen LogP contribution in [0.2, 0.25) is 0 Å². The summed E-state index contributed by atoms with van der Waals surface area (Å²) < 4.78 is 10.1. The van der Waals surface area contributed by atoms with E-state index >= 15 is 0 Å². The summed E-state index contributed by atoms with van der Waals surface area (Å²) in [7, 11) is 2.80. The van der Waals surface area contributed by atoms with Gasteiger partial charge in [-0.15, -0.1) is 0 Å². The first-order valence-corrected chi connectivity index (χ1v) is 15.1. The van der Waals surface area contributed by atoms with Crippen molar-refractivity contribution in [1.82, 2.24) is 15.0 Å². The Kier molecular flexibility index (Phi) is 10.1. The second kappa shape index (κ2) is 13.8. The normalized spacial score (nSPS) is 14.9. The van der Waals surface area contributed by atoms with Crippen molar-refractivity contribution in [2.75, 3.05) is 14.2 Å². The van der Waals surface area contributed by atoms with Gasteiger partial charge in [-0.2, -0.15) is 0 Å². The second-order valence-electron chi connectivity index (χ2n) is 10.8. The van der Waals surface area contributed by atoms with E-state index in [9.17, 15) is 9.59 Å². The molecular weight excluding hydrogens is 540 g/mol. The summed E-state index contributed by atoms with van der Waals surface area (Å²) in [5.74, 6) is -0.646. The summed E-state index contributed by atoms with van der Waals surface area (Å²) in [6.07, 6.45) is 14.1. The van der Waals surface area contributed by atoms with Gasteiger partial charge in [0.05, 0.1) is 32.8 Å². The van der Waals surface area contributed by atoms with Crippen LogP contribution in [-0.4, -0.2) is 47.3 Å². The number of aryl methyl sites for hydroxylation is 1. The van der Waals surface area contributed by atoms with Gasteiger partial charge < -0.3 is 24.4 Å². The molecule has 228 valence electrons. The third-order valence-electron chi connectivity index (χ3n) is 8.50. The average Bonchev–Trinajstić information content (AvgIpc) is 3.75. The molecule has 43 heavy (non-hydrogen) atoms. The molecule has 0 saturated heterocycles. The van der Waals surface area contributed by atoms with Crippen molar-refractivity contribution in [1.29, 1.82) is 0 Å². The molecule has 0 spiro atoms. The van der Waals surface area contributed by atoms with E-state index in [1.807, 2.05) is 26.1 Å². The minimum absolute atomic E-state index is 0.112. The summed E-state index contributed by atoms with van der Waals surface area (Å²) in [4.78, 5) is 40.2. The molecule has 0 fully saturated rings. The first-order valence-electron chi connectivity index (χ1n) is 15.1. The molecule has 8 nitrogen and oxygen atoms in total. The SMILES string of the molecule is CCC1=C(CC)C(=Cc2[nH]c(C=c3[nH]c(=Cc4[nH]cc(CC)c4CC)c(C)c3CC(=O)OC)c(CC(=O)OC)c2C)N=C1. The van der Waals surface area contributed by atoms with Gasteiger partial charge in [-0.25, -0.2) is 0 Å². The maximum absolute atomic E-state index is 12.5. The van der Waals surface area contributed by atoms with Gasteiger partial charge in [0.25, 0.3) is 0 Å². The lowest BCUT2D eigenvalue weighted by Gasteiger charge is -2.04. The van der Waals surface area contributed by atoms with Crippen molar-refractivity contribution in [3.8, 4) is 0 Å². The number of aromatic amines is 3. The van der Waals surface area contributed by atoms with Crippen molar-refractivity contribution in [2.24, 2.45) is 4.99 Å². The number of esters is 2. The quantitative estimate of drug-likeness (QED) is 0.274. The number of carbonyl (C=O) groups excluding carboxylic acids is 2. The van der Waals surface area contributed by atoms with Crippen molar-refractivity contribution in [2.45, 2.75) is 80.1 Å². The first-order chi connectivity index (χ1) is 20.7. The van der Waals surface area contributed by atoms with Gasteiger partial charge >= 0.3 is 11.9 Å². The molecular formula is C35H44N4O4. The first kappa shape index (κ1) is 31.6. The lowest BCUT2D eigenvalue weighted by Crippen LogP contribution is -2.16. The van der Waals surface area contributed by atoms with Crippen molar-refractivity contribution < 1.29 is 19.1 Å². The monoisotopic (exact) mass is 584 g/mol. The molecule has 3 N–H and O–H groups in total. The number of methoxy groups -OCH3 is 2. The van der Waals surface area contributed by atoms with Gasteiger partial charge in [-0.1, -0.05) is 27.7 Å². The van der Waals surface area contributed by atoms with E-state index in [-0.39, 0.29) is 24.8 Å². The fraction of sp³-hybridized carbons (Fsp3) is 0.400. The Hall–Kier alpha value is -4.33. The summed E-state index contributed by atoms with van der Waals surface area (Å²) in [5.41, 5.74) is 12.3. The Bertz CT molecular complexity index is 1740. The number of ether oxygens (including phenoxy) is 2. The number of hydrogen-bond donors (Lipinski definition) is 3. The number of nitrogens with zero attached hydrogens (tertiary/aromatic N) is 1. The van der Waals surface area contributed by atoms with Gasteiger partial charge in [0.1, 0.15) is 0 Å². The van der Waals surface area contributed by atoms with Crippen LogP contribution in [0.3, 0.4) is 0 Å². The van der Waals surface area contributed by atoms with Crippen LogP contribution < -0.4 is 10.7 Å². The third kappa shape index (κ3) is 6.53. The highest BCUT2D eigenvalue weighted by Crippen LogP contribution is 2.30. The summed E-state index contributed by atoms with van der Waals surface area (Å²) >= 11 is 0. The zero-order chi connectivity index (χ0) is 31.3. The molecule has 3 aromatic heterocycles. The number of carbonyl (C=O) groups is 2. The minimum Gasteiger partial charge on any atom is -0.469 e. The molecule has 0 bridgehead atoms. The van der Waals surface area contributed by atoms with Crippen LogP contribution in [0.4, 0.5) is 0 Å². The lowest BCUT2D eigenvalue weighted by molar-refractivity contribution is -0.140. The Labute approximate surface area is 253 Å². The molecule has 0 aromatic carbocycles. The Morgan fingerprint density at radius 3 is 2.02 bits per heavy atom. The molecule has 0 aliphatic carbocycles. The maximum Gasteiger partial charge on any atom is 0.310 e. The van der Waals surface area contributed by atoms with Crippen molar-refractivity contribution >= 4 is 36.4 Å². The topological polar surface area (TPSA) is 112 Å². The van der Waals surface area contributed by atoms with Crippen LogP contribution in [0, 0.1) is 13.8 Å². The zero-order valence-electron chi connectivity index (χ0n) is 26.7. The average molecular weight is 585 g/mol.